The number of nitrogens with one attached hydrogen (secondary N) is 2. The Balaban J connectivity index is 2.13. The van der Waals surface area contributed by atoms with Gasteiger partial charge in [-0.05, 0) is 30.2 Å². The zero-order valence-electron chi connectivity index (χ0n) is 15.2. The number of nitro groups is 2. The van der Waals surface area contributed by atoms with Gasteiger partial charge in [0.15, 0.2) is 0 Å². The number of anilines is 2. The number of benzene rings is 2. The third-order valence-electron chi connectivity index (χ3n) is 3.61. The Morgan fingerprint density at radius 3 is 1.79 bits per heavy atom. The largest absolute Gasteiger partial charge is 0.326 e. The Kier molecular flexibility index (Phi) is 6.38. The Hall–Kier alpha value is -3.82. The highest BCUT2D eigenvalue weighted by Gasteiger charge is 2.20. The molecule has 0 aliphatic rings. The highest BCUT2D eigenvalue weighted by Crippen LogP contribution is 2.24. The quantitative estimate of drug-likeness (QED) is 0.548. The van der Waals surface area contributed by atoms with Gasteiger partial charge in [-0.15, -0.1) is 0 Å². The first-order valence-corrected chi connectivity index (χ1v) is 8.31. The number of nitrogens with zero attached hydrogens (tertiary/aromatic N) is 2. The lowest BCUT2D eigenvalue weighted by molar-refractivity contribution is -0.394. The Bertz CT molecular complexity index is 892. The van der Waals surface area contributed by atoms with E-state index in [1.807, 2.05) is 13.8 Å². The predicted molar refractivity (Wildman–Crippen MR) is 102 cm³/mol. The molecule has 146 valence electrons. The van der Waals surface area contributed by atoms with Crippen molar-refractivity contribution >= 4 is 34.6 Å². The van der Waals surface area contributed by atoms with Crippen molar-refractivity contribution in [2.75, 3.05) is 10.6 Å². The summed E-state index contributed by atoms with van der Waals surface area (Å²) in [6.45, 7) is 3.85. The fraction of sp³-hybridized carbons (Fsp3) is 0.222. The van der Waals surface area contributed by atoms with Crippen molar-refractivity contribution in [3.63, 3.8) is 0 Å². The third-order valence-corrected chi connectivity index (χ3v) is 3.61. The van der Waals surface area contributed by atoms with E-state index in [9.17, 15) is 29.8 Å². The van der Waals surface area contributed by atoms with Gasteiger partial charge in [0, 0.05) is 29.9 Å². The molecule has 0 heterocycles. The first kappa shape index (κ1) is 20.5. The number of non-ortho nitro benzene ring substituents is 2. The molecule has 0 saturated heterocycles. The maximum atomic E-state index is 12.3. The molecule has 0 aliphatic carbocycles. The van der Waals surface area contributed by atoms with Gasteiger partial charge < -0.3 is 10.6 Å². The second-order valence-corrected chi connectivity index (χ2v) is 6.43. The monoisotopic (exact) mass is 386 g/mol. The van der Waals surface area contributed by atoms with Gasteiger partial charge in [-0.25, -0.2) is 0 Å². The number of rotatable bonds is 7. The molecule has 0 bridgehead atoms. The highest BCUT2D eigenvalue weighted by atomic mass is 16.6. The van der Waals surface area contributed by atoms with E-state index in [2.05, 4.69) is 10.6 Å². The van der Waals surface area contributed by atoms with Crippen molar-refractivity contribution in [3.05, 3.63) is 68.3 Å². The Morgan fingerprint density at radius 2 is 1.36 bits per heavy atom. The van der Waals surface area contributed by atoms with Gasteiger partial charge in [-0.3, -0.25) is 29.8 Å². The van der Waals surface area contributed by atoms with Crippen LogP contribution < -0.4 is 10.6 Å². The summed E-state index contributed by atoms with van der Waals surface area (Å²) in [5, 5.41) is 27.1. The Labute approximate surface area is 159 Å². The highest BCUT2D eigenvalue weighted by molar-refractivity contribution is 6.05. The summed E-state index contributed by atoms with van der Waals surface area (Å²) in [6, 6.07) is 8.95. The molecule has 2 rings (SSSR count). The minimum Gasteiger partial charge on any atom is -0.326 e. The summed E-state index contributed by atoms with van der Waals surface area (Å²) in [4.78, 5) is 44.3. The average Bonchev–Trinajstić information content (AvgIpc) is 2.62. The number of carbonyl (C=O) groups is 2. The lowest BCUT2D eigenvalue weighted by Crippen LogP contribution is -2.14. The molecule has 2 aromatic rings. The van der Waals surface area contributed by atoms with Gasteiger partial charge in [-0.2, -0.15) is 0 Å². The smallest absolute Gasteiger partial charge is 0.277 e. The van der Waals surface area contributed by atoms with Gasteiger partial charge in [0.05, 0.1) is 21.5 Å². The first-order valence-electron chi connectivity index (χ1n) is 8.31. The van der Waals surface area contributed by atoms with E-state index in [4.69, 9.17) is 0 Å². The molecule has 0 aliphatic heterocycles. The summed E-state index contributed by atoms with van der Waals surface area (Å²) in [7, 11) is 0. The zero-order chi connectivity index (χ0) is 20.8. The second-order valence-electron chi connectivity index (χ2n) is 6.43. The van der Waals surface area contributed by atoms with Crippen LogP contribution in [0.25, 0.3) is 0 Å². The van der Waals surface area contributed by atoms with Crippen molar-refractivity contribution in [1.82, 2.24) is 0 Å². The van der Waals surface area contributed by atoms with Crippen LogP contribution in [-0.2, 0) is 4.79 Å². The number of carbonyl (C=O) groups excluding carboxylic acids is 2. The van der Waals surface area contributed by atoms with Crippen LogP contribution >= 0.6 is 0 Å². The van der Waals surface area contributed by atoms with Crippen LogP contribution in [0, 0.1) is 26.1 Å². The average molecular weight is 386 g/mol. The maximum Gasteiger partial charge on any atom is 0.277 e. The van der Waals surface area contributed by atoms with Crippen LogP contribution in [0.2, 0.25) is 0 Å². The molecule has 2 N–H and O–H groups in total. The van der Waals surface area contributed by atoms with Crippen LogP contribution in [0.15, 0.2) is 42.5 Å². The van der Waals surface area contributed by atoms with E-state index in [1.54, 1.807) is 12.1 Å². The molecule has 0 spiro atoms. The van der Waals surface area contributed by atoms with Gasteiger partial charge >= 0.3 is 0 Å². The number of nitro benzene ring substituents is 2. The van der Waals surface area contributed by atoms with Crippen molar-refractivity contribution in [2.24, 2.45) is 5.92 Å². The number of hydrogen-bond acceptors (Lipinski definition) is 6. The summed E-state index contributed by atoms with van der Waals surface area (Å²) in [5.74, 6) is -0.642. The number of amides is 2. The van der Waals surface area contributed by atoms with Crippen LogP contribution in [0.4, 0.5) is 22.7 Å². The third kappa shape index (κ3) is 5.59. The summed E-state index contributed by atoms with van der Waals surface area (Å²) in [5.41, 5.74) is -0.406. The first-order chi connectivity index (χ1) is 13.2. The van der Waals surface area contributed by atoms with E-state index in [0.29, 0.717) is 17.8 Å². The molecule has 0 atom stereocenters. The molecule has 0 saturated carbocycles. The van der Waals surface area contributed by atoms with E-state index >= 15 is 0 Å². The topological polar surface area (TPSA) is 144 Å². The lowest BCUT2D eigenvalue weighted by Gasteiger charge is -2.09. The van der Waals surface area contributed by atoms with Gasteiger partial charge in [0.25, 0.3) is 17.3 Å². The van der Waals surface area contributed by atoms with Crippen molar-refractivity contribution in [1.29, 1.82) is 0 Å². The van der Waals surface area contributed by atoms with Crippen molar-refractivity contribution in [2.45, 2.75) is 20.3 Å². The lowest BCUT2D eigenvalue weighted by atomic mass is 10.1. The molecule has 10 nitrogen and oxygen atoms in total. The molecular weight excluding hydrogens is 368 g/mol. The molecule has 28 heavy (non-hydrogen) atoms. The molecule has 0 fully saturated rings. The molecule has 10 heteroatoms. The van der Waals surface area contributed by atoms with Crippen LogP contribution in [0.3, 0.4) is 0 Å². The van der Waals surface area contributed by atoms with Crippen molar-refractivity contribution < 1.29 is 19.4 Å². The van der Waals surface area contributed by atoms with Crippen LogP contribution in [0.1, 0.15) is 30.6 Å². The van der Waals surface area contributed by atoms with Gasteiger partial charge in [0.1, 0.15) is 0 Å². The van der Waals surface area contributed by atoms with E-state index < -0.39 is 27.1 Å². The number of hydrogen-bond donors (Lipinski definition) is 2. The molecule has 2 amide bonds. The SMILES string of the molecule is CC(C)CC(=O)Nc1ccc(NC(=O)c2cc([N+](=O)[O-])cc([N+](=O)[O-])c2)cc1. The summed E-state index contributed by atoms with van der Waals surface area (Å²) >= 11 is 0. The summed E-state index contributed by atoms with van der Waals surface area (Å²) in [6.07, 6.45) is 0.379. The Morgan fingerprint density at radius 1 is 0.893 bits per heavy atom. The van der Waals surface area contributed by atoms with Crippen LogP contribution in [-0.4, -0.2) is 21.7 Å². The summed E-state index contributed by atoms with van der Waals surface area (Å²) < 4.78 is 0. The predicted octanol–water partition coefficient (Wildman–Crippen LogP) is 3.74. The normalized spacial score (nSPS) is 10.4. The second kappa shape index (κ2) is 8.71. The van der Waals surface area contributed by atoms with E-state index in [1.165, 1.54) is 12.1 Å². The zero-order valence-corrected chi connectivity index (χ0v) is 15.2. The maximum absolute atomic E-state index is 12.3. The van der Waals surface area contributed by atoms with Crippen molar-refractivity contribution in [3.8, 4) is 0 Å². The van der Waals surface area contributed by atoms with Gasteiger partial charge in [0.2, 0.25) is 5.91 Å². The molecule has 0 unspecified atom stereocenters. The molecule has 2 aromatic carbocycles. The molecular formula is C18H18N4O6. The van der Waals surface area contributed by atoms with E-state index in [-0.39, 0.29) is 17.4 Å². The minimum atomic E-state index is -0.807. The minimum absolute atomic E-state index is 0.129. The fourth-order valence-electron chi connectivity index (χ4n) is 2.36. The molecule has 0 radical (unpaired) electrons. The standard InChI is InChI=1S/C18H18N4O6/c1-11(2)7-17(23)19-13-3-5-14(6-4-13)20-18(24)12-8-15(21(25)26)10-16(9-12)22(27)28/h3-6,8-11H,7H2,1-2H3,(H,19,23)(H,20,24). The van der Waals surface area contributed by atoms with Gasteiger partial charge in [-0.1, -0.05) is 13.8 Å². The molecule has 0 aromatic heterocycles. The van der Waals surface area contributed by atoms with E-state index in [0.717, 1.165) is 18.2 Å². The fourth-order valence-corrected chi connectivity index (χ4v) is 2.36. The van der Waals surface area contributed by atoms with Crippen LogP contribution in [0.5, 0.6) is 0 Å².